The molecule has 0 aliphatic rings. The molecule has 0 saturated carbocycles. The minimum Gasteiger partial charge on any atom is -0.478 e. The van der Waals surface area contributed by atoms with E-state index in [4.69, 9.17) is 9.84 Å². The lowest BCUT2D eigenvalue weighted by molar-refractivity contribution is -0.131. The highest BCUT2D eigenvalue weighted by molar-refractivity contribution is 5.87. The standard InChI is InChI=1S/C27H35NO4/c1-22(12-8-14-24(3)16-18-26(29)28-20-21-32-5)10-6-7-11-23(2)13-9-15-25(4)17-19-27(30)31/h6-19H,20-21H2,1-5H3,(H,28,29)(H,30,31)/b7-6+,12-8+,13-9+,18-16+,19-17+,22-10+,23-11+,24-14+,25-15-. The van der Waals surface area contributed by atoms with Crippen molar-refractivity contribution in [2.45, 2.75) is 27.7 Å². The second kappa shape index (κ2) is 18.3. The smallest absolute Gasteiger partial charge is 0.328 e. The zero-order chi connectivity index (χ0) is 24.2. The van der Waals surface area contributed by atoms with Crippen molar-refractivity contribution in [3.8, 4) is 0 Å². The number of carbonyl (C=O) groups excluding carboxylic acids is 1. The predicted molar refractivity (Wildman–Crippen MR) is 133 cm³/mol. The third kappa shape index (κ3) is 18.6. The van der Waals surface area contributed by atoms with Crippen molar-refractivity contribution in [3.63, 3.8) is 0 Å². The number of methoxy groups -OCH3 is 1. The van der Waals surface area contributed by atoms with E-state index in [-0.39, 0.29) is 5.91 Å². The van der Waals surface area contributed by atoms with Crippen molar-refractivity contribution in [3.05, 3.63) is 107 Å². The molecule has 0 heterocycles. The minimum atomic E-state index is -0.956. The molecule has 0 aromatic heterocycles. The summed E-state index contributed by atoms with van der Waals surface area (Å²) in [7, 11) is 1.59. The third-order valence-electron chi connectivity index (χ3n) is 3.86. The zero-order valence-corrected chi connectivity index (χ0v) is 19.7. The zero-order valence-electron chi connectivity index (χ0n) is 19.7. The Morgan fingerprint density at radius 2 is 1.12 bits per heavy atom. The van der Waals surface area contributed by atoms with Crippen LogP contribution in [-0.4, -0.2) is 37.2 Å². The second-order valence-corrected chi connectivity index (χ2v) is 7.03. The van der Waals surface area contributed by atoms with Crippen LogP contribution in [0.2, 0.25) is 0 Å². The van der Waals surface area contributed by atoms with Crippen LogP contribution in [0.25, 0.3) is 0 Å². The van der Waals surface area contributed by atoms with Crippen LogP contribution < -0.4 is 5.32 Å². The molecule has 0 atom stereocenters. The van der Waals surface area contributed by atoms with Crippen LogP contribution in [-0.2, 0) is 14.3 Å². The number of amides is 1. The fourth-order valence-electron chi connectivity index (χ4n) is 2.09. The van der Waals surface area contributed by atoms with Crippen LogP contribution in [0.3, 0.4) is 0 Å². The average molecular weight is 438 g/mol. The maximum Gasteiger partial charge on any atom is 0.328 e. The summed E-state index contributed by atoms with van der Waals surface area (Å²) in [6, 6.07) is 0. The number of hydrogen-bond donors (Lipinski definition) is 2. The molecule has 0 bridgehead atoms. The lowest BCUT2D eigenvalue weighted by Gasteiger charge is -1.99. The average Bonchev–Trinajstić information content (AvgIpc) is 2.74. The van der Waals surface area contributed by atoms with Gasteiger partial charge in [-0.3, -0.25) is 4.79 Å². The summed E-state index contributed by atoms with van der Waals surface area (Å²) in [5, 5.41) is 11.3. The molecule has 0 aromatic rings. The molecule has 2 N–H and O–H groups in total. The van der Waals surface area contributed by atoms with Crippen molar-refractivity contribution < 1.29 is 19.4 Å². The first-order valence-electron chi connectivity index (χ1n) is 10.3. The Balaban J connectivity index is 4.61. The Morgan fingerprint density at radius 1 is 0.688 bits per heavy atom. The van der Waals surface area contributed by atoms with Gasteiger partial charge >= 0.3 is 5.97 Å². The molecule has 0 rings (SSSR count). The van der Waals surface area contributed by atoms with E-state index in [1.165, 1.54) is 6.08 Å². The number of rotatable bonds is 13. The molecule has 0 aliphatic heterocycles. The molecular weight excluding hydrogens is 402 g/mol. The van der Waals surface area contributed by atoms with E-state index in [9.17, 15) is 9.59 Å². The highest BCUT2D eigenvalue weighted by Gasteiger charge is 1.92. The Bertz CT molecular complexity index is 875. The van der Waals surface area contributed by atoms with Crippen LogP contribution in [0.4, 0.5) is 0 Å². The molecule has 0 radical (unpaired) electrons. The van der Waals surface area contributed by atoms with Gasteiger partial charge in [-0.15, -0.1) is 0 Å². The number of carbonyl (C=O) groups is 2. The number of ether oxygens (including phenoxy) is 1. The molecule has 0 aliphatic carbocycles. The number of nitrogens with one attached hydrogen (secondary N) is 1. The van der Waals surface area contributed by atoms with E-state index in [0.29, 0.717) is 13.2 Å². The molecule has 32 heavy (non-hydrogen) atoms. The van der Waals surface area contributed by atoms with Crippen LogP contribution in [0.1, 0.15) is 27.7 Å². The van der Waals surface area contributed by atoms with E-state index in [2.05, 4.69) is 5.32 Å². The topological polar surface area (TPSA) is 75.6 Å². The first kappa shape index (κ1) is 28.6. The van der Waals surface area contributed by atoms with Gasteiger partial charge in [0.1, 0.15) is 0 Å². The van der Waals surface area contributed by atoms with Gasteiger partial charge in [-0.2, -0.15) is 0 Å². The lowest BCUT2D eigenvalue weighted by Crippen LogP contribution is -2.24. The van der Waals surface area contributed by atoms with Crippen LogP contribution in [0.15, 0.2) is 107 Å². The normalized spacial score (nSPS) is 14.7. The van der Waals surface area contributed by atoms with Crippen molar-refractivity contribution >= 4 is 11.9 Å². The number of aliphatic carboxylic acids is 1. The third-order valence-corrected chi connectivity index (χ3v) is 3.86. The van der Waals surface area contributed by atoms with Crippen molar-refractivity contribution in [1.82, 2.24) is 5.32 Å². The van der Waals surface area contributed by atoms with Crippen LogP contribution in [0, 0.1) is 0 Å². The summed E-state index contributed by atoms with van der Waals surface area (Å²) in [6.07, 6.45) is 25.5. The van der Waals surface area contributed by atoms with E-state index in [1.54, 1.807) is 19.3 Å². The number of carboxylic acids is 1. The van der Waals surface area contributed by atoms with Gasteiger partial charge < -0.3 is 15.2 Å². The maximum absolute atomic E-state index is 11.6. The summed E-state index contributed by atoms with van der Waals surface area (Å²) < 4.78 is 4.88. The van der Waals surface area contributed by atoms with Crippen LogP contribution in [0.5, 0.6) is 0 Å². The predicted octanol–water partition coefficient (Wildman–Crippen LogP) is 5.40. The summed E-state index contributed by atoms with van der Waals surface area (Å²) in [6.45, 7) is 8.77. The molecular formula is C27H35NO4. The molecule has 5 heteroatoms. The molecule has 0 aromatic carbocycles. The number of carboxylic acid groups (broad SMARTS) is 1. The van der Waals surface area contributed by atoms with Crippen molar-refractivity contribution in [2.24, 2.45) is 0 Å². The van der Waals surface area contributed by atoms with Gasteiger partial charge in [-0.05, 0) is 27.7 Å². The van der Waals surface area contributed by atoms with E-state index < -0.39 is 5.97 Å². The van der Waals surface area contributed by atoms with Gasteiger partial charge in [0.15, 0.2) is 0 Å². The summed E-state index contributed by atoms with van der Waals surface area (Å²) >= 11 is 0. The largest absolute Gasteiger partial charge is 0.478 e. The molecule has 0 fully saturated rings. The van der Waals surface area contributed by atoms with Gasteiger partial charge in [0.25, 0.3) is 0 Å². The Labute approximate surface area is 192 Å². The molecule has 5 nitrogen and oxygen atoms in total. The van der Waals surface area contributed by atoms with Crippen molar-refractivity contribution in [1.29, 1.82) is 0 Å². The fraction of sp³-hybridized carbons (Fsp3) is 0.259. The van der Waals surface area contributed by atoms with Gasteiger partial charge in [0, 0.05) is 25.8 Å². The highest BCUT2D eigenvalue weighted by Crippen LogP contribution is 2.02. The Hall–Kier alpha value is -3.44. The monoisotopic (exact) mass is 437 g/mol. The Morgan fingerprint density at radius 3 is 1.59 bits per heavy atom. The van der Waals surface area contributed by atoms with E-state index in [0.717, 1.165) is 28.4 Å². The van der Waals surface area contributed by atoms with Crippen molar-refractivity contribution in [2.75, 3.05) is 20.3 Å². The number of hydrogen-bond acceptors (Lipinski definition) is 3. The lowest BCUT2D eigenvalue weighted by atomic mass is 10.2. The van der Waals surface area contributed by atoms with E-state index >= 15 is 0 Å². The summed E-state index contributed by atoms with van der Waals surface area (Å²) in [5.41, 5.74) is 4.00. The quantitative estimate of drug-likeness (QED) is 0.230. The molecule has 172 valence electrons. The molecule has 0 unspecified atom stereocenters. The van der Waals surface area contributed by atoms with E-state index in [1.807, 2.05) is 88.5 Å². The van der Waals surface area contributed by atoms with Gasteiger partial charge in [-0.1, -0.05) is 95.2 Å². The maximum atomic E-state index is 11.6. The van der Waals surface area contributed by atoms with Gasteiger partial charge in [0.05, 0.1) is 6.61 Å². The van der Waals surface area contributed by atoms with Gasteiger partial charge in [-0.25, -0.2) is 4.79 Å². The molecule has 0 saturated heterocycles. The minimum absolute atomic E-state index is 0.139. The Kier molecular flexibility index (Phi) is 16.4. The second-order valence-electron chi connectivity index (χ2n) is 7.03. The summed E-state index contributed by atoms with van der Waals surface area (Å²) in [4.78, 5) is 22.1. The summed E-state index contributed by atoms with van der Waals surface area (Å²) in [5.74, 6) is -1.10. The first-order valence-corrected chi connectivity index (χ1v) is 10.3. The van der Waals surface area contributed by atoms with Gasteiger partial charge in [0.2, 0.25) is 5.91 Å². The first-order chi connectivity index (χ1) is 15.2. The SMILES string of the molecule is COCCNC(=O)/C=C/C(C)=C/C=C/C(C)=C/C=C/C=C(C)/C=C/C=C(C)\C=C\C(=O)O. The fourth-order valence-corrected chi connectivity index (χ4v) is 2.09. The molecule has 0 spiro atoms. The van der Waals surface area contributed by atoms with Crippen LogP contribution >= 0.6 is 0 Å². The molecule has 1 amide bonds. The highest BCUT2D eigenvalue weighted by atomic mass is 16.5. The number of allylic oxidation sites excluding steroid dienone is 16.